The molecule has 0 aromatic heterocycles. The molecular formula is C44H76N12O21. The molecule has 0 aliphatic carbocycles. The molecule has 0 aromatic rings. The van der Waals surface area contributed by atoms with Gasteiger partial charge in [0.25, 0.3) is 0 Å². The number of carbonyl (C=O) groups excluding carboxylic acids is 10. The van der Waals surface area contributed by atoms with Gasteiger partial charge in [0.15, 0.2) is 12.6 Å². The molecule has 2 saturated heterocycles. The summed E-state index contributed by atoms with van der Waals surface area (Å²) in [6.07, 6.45) is -16.1. The Morgan fingerprint density at radius 2 is 1.05 bits per heavy atom. The van der Waals surface area contributed by atoms with E-state index in [1.165, 1.54) is 20.8 Å². The highest BCUT2D eigenvalue weighted by atomic mass is 16.7. The number of carboxylic acids is 1. The highest BCUT2D eigenvalue weighted by Crippen LogP contribution is 2.31. The van der Waals surface area contributed by atoms with Gasteiger partial charge in [0.1, 0.15) is 85.0 Å². The Morgan fingerprint density at radius 3 is 1.56 bits per heavy atom. The van der Waals surface area contributed by atoms with E-state index in [0.717, 1.165) is 13.8 Å². The first-order chi connectivity index (χ1) is 35.9. The van der Waals surface area contributed by atoms with Crippen molar-refractivity contribution in [3.63, 3.8) is 0 Å². The first-order valence-electron chi connectivity index (χ1n) is 24.5. The summed E-state index contributed by atoms with van der Waals surface area (Å²) in [7, 11) is 0. The Bertz CT molecular complexity index is 2080. The van der Waals surface area contributed by atoms with E-state index in [4.69, 9.17) is 47.6 Å². The van der Waals surface area contributed by atoms with E-state index in [-0.39, 0.29) is 38.5 Å². The smallest absolute Gasteiger partial charge is 0.326 e. The maximum atomic E-state index is 13.5. The summed E-state index contributed by atoms with van der Waals surface area (Å²) in [5.41, 5.74) is 27.5. The minimum Gasteiger partial charge on any atom is -0.480 e. The molecule has 18 unspecified atom stereocenters. The second kappa shape index (κ2) is 31.8. The van der Waals surface area contributed by atoms with Crippen LogP contribution in [0.5, 0.6) is 0 Å². The lowest BCUT2D eigenvalue weighted by atomic mass is 9.94. The molecule has 0 radical (unpaired) electrons. The number of amides is 10. The molecule has 33 heteroatoms. The van der Waals surface area contributed by atoms with Crippen molar-refractivity contribution >= 4 is 65.0 Å². The number of aliphatic hydroxyl groups excluding tert-OH is 5. The predicted molar refractivity (Wildman–Crippen MR) is 259 cm³/mol. The second-order valence-electron chi connectivity index (χ2n) is 18.6. The minimum atomic E-state index is -1.91. The number of primary amides is 3. The summed E-state index contributed by atoms with van der Waals surface area (Å²) in [6, 6.07) is -12.2. The summed E-state index contributed by atoms with van der Waals surface area (Å²) in [6.45, 7) is 4.09. The largest absolute Gasteiger partial charge is 0.480 e. The molecule has 23 N–H and O–H groups in total. The minimum absolute atomic E-state index is 0.0970. The van der Waals surface area contributed by atoms with Crippen LogP contribution in [0.15, 0.2) is 0 Å². The monoisotopic (exact) mass is 1110 g/mol. The zero-order chi connectivity index (χ0) is 58.6. The van der Waals surface area contributed by atoms with Gasteiger partial charge < -0.3 is 115 Å². The van der Waals surface area contributed by atoms with E-state index < -0.39 is 201 Å². The molecule has 0 saturated carbocycles. The maximum absolute atomic E-state index is 13.5. The van der Waals surface area contributed by atoms with Crippen LogP contribution in [0.25, 0.3) is 0 Å². The SMILES string of the molecule is CC(=O)NC1C(OC2C(CO)OC(O)C(NC(C)=O)C2OC(C)C(=O)NC(C)C(=O)NC(CCC(=O)NC(CCCC(NC(=O)C(C)NC(=O)C(N)CCCC(N)C(N)=O)C(N)=O)C(=O)O)C(N)=O)OC(CO)C(O)C1O. The zero-order valence-electron chi connectivity index (χ0n) is 43.2. The normalized spacial score (nSPS) is 26.3. The summed E-state index contributed by atoms with van der Waals surface area (Å²) in [4.78, 5) is 137. The molecule has 2 fully saturated rings. The third-order valence-corrected chi connectivity index (χ3v) is 12.3. The van der Waals surface area contributed by atoms with Gasteiger partial charge in [0.05, 0.1) is 25.3 Å². The first-order valence-corrected chi connectivity index (χ1v) is 24.5. The number of rotatable bonds is 32. The average molecular weight is 1110 g/mol. The van der Waals surface area contributed by atoms with Gasteiger partial charge in [-0.25, -0.2) is 4.79 Å². The Balaban J connectivity index is 2.06. The molecule has 0 bridgehead atoms. The molecular weight excluding hydrogens is 1030 g/mol. The standard InChI is InChI=1S/C44H76N12O21/c1-16(50-40(69)18(3)74-34-30(53-20(5)60)43(73)75-27(15-58)33(34)77-44-29(52-19(4)59)32(63)31(62)26(14-57)76-44)38(67)56-24(37(49)66)12-13-28(61)54-25(42(71)72)11-7-10-23(36(48)65)55-39(68)17(2)51-41(70)22(46)9-6-8-21(45)35(47)64/h16-18,21-27,29-34,43-44,57-58,62-63,73H,6-15,45-46H2,1-5H3,(H2,47,64)(H2,48,65)(H2,49,66)(H,50,69)(H,51,70)(H,52,59)(H,53,60)(H,54,61)(H,55,68)(H,56,67)(H,71,72). The van der Waals surface area contributed by atoms with Crippen LogP contribution in [0.3, 0.4) is 0 Å². The number of nitrogens with two attached hydrogens (primary N) is 5. The highest BCUT2D eigenvalue weighted by molar-refractivity contribution is 5.93. The number of carbonyl (C=O) groups is 11. The molecule has 438 valence electrons. The van der Waals surface area contributed by atoms with E-state index in [1.807, 2.05) is 0 Å². The van der Waals surface area contributed by atoms with Crippen molar-refractivity contribution in [2.24, 2.45) is 28.7 Å². The fourth-order valence-corrected chi connectivity index (χ4v) is 7.92. The number of hydrogen-bond donors (Lipinski definition) is 18. The summed E-state index contributed by atoms with van der Waals surface area (Å²) in [5, 5.41) is 78.5. The van der Waals surface area contributed by atoms with Crippen LogP contribution in [-0.4, -0.2) is 219 Å². The van der Waals surface area contributed by atoms with Crippen LogP contribution >= 0.6 is 0 Å². The molecule has 2 heterocycles. The van der Waals surface area contributed by atoms with Crippen LogP contribution in [0, 0.1) is 0 Å². The van der Waals surface area contributed by atoms with E-state index in [9.17, 15) is 83.4 Å². The van der Waals surface area contributed by atoms with Gasteiger partial charge in [0, 0.05) is 20.3 Å². The predicted octanol–water partition coefficient (Wildman–Crippen LogP) is -9.92. The lowest BCUT2D eigenvalue weighted by molar-refractivity contribution is -0.333. The molecule has 2 aliphatic rings. The number of ether oxygens (including phenoxy) is 4. The van der Waals surface area contributed by atoms with Crippen molar-refractivity contribution in [3.05, 3.63) is 0 Å². The maximum Gasteiger partial charge on any atom is 0.326 e. The van der Waals surface area contributed by atoms with Gasteiger partial charge in [-0.15, -0.1) is 0 Å². The van der Waals surface area contributed by atoms with Crippen molar-refractivity contribution in [2.45, 2.75) is 196 Å². The Kier molecular flexibility index (Phi) is 27.6. The van der Waals surface area contributed by atoms with Crippen molar-refractivity contribution < 1.29 is 102 Å². The van der Waals surface area contributed by atoms with Crippen LogP contribution in [0.2, 0.25) is 0 Å². The van der Waals surface area contributed by atoms with Gasteiger partial charge in [-0.1, -0.05) is 0 Å². The van der Waals surface area contributed by atoms with Crippen molar-refractivity contribution in [1.29, 1.82) is 0 Å². The number of hydrogen-bond acceptors (Lipinski definition) is 22. The van der Waals surface area contributed by atoms with Gasteiger partial charge in [-0.3, -0.25) is 47.9 Å². The van der Waals surface area contributed by atoms with Gasteiger partial charge >= 0.3 is 5.97 Å². The zero-order valence-corrected chi connectivity index (χ0v) is 43.2. The Hall–Kier alpha value is -6.27. The molecule has 77 heavy (non-hydrogen) atoms. The average Bonchev–Trinajstić information content (AvgIpc) is 3.34. The second-order valence-corrected chi connectivity index (χ2v) is 18.6. The third kappa shape index (κ3) is 21.2. The van der Waals surface area contributed by atoms with Gasteiger partial charge in [-0.05, 0) is 65.7 Å². The molecule has 2 rings (SSSR count). The molecule has 0 spiro atoms. The summed E-state index contributed by atoms with van der Waals surface area (Å²) >= 11 is 0. The Labute approximate surface area is 441 Å². The molecule has 2 aliphatic heterocycles. The van der Waals surface area contributed by atoms with E-state index in [2.05, 4.69) is 37.2 Å². The molecule has 33 nitrogen and oxygen atoms in total. The van der Waals surface area contributed by atoms with Crippen LogP contribution in [0.4, 0.5) is 0 Å². The highest BCUT2D eigenvalue weighted by Gasteiger charge is 2.53. The topological polar surface area (TPSA) is 560 Å². The lowest BCUT2D eigenvalue weighted by Crippen LogP contribution is -2.70. The van der Waals surface area contributed by atoms with Crippen molar-refractivity contribution in [1.82, 2.24) is 37.2 Å². The Morgan fingerprint density at radius 1 is 0.558 bits per heavy atom. The number of carboxylic acid groups (broad SMARTS) is 1. The fraction of sp³-hybridized carbons (Fsp3) is 0.750. The van der Waals surface area contributed by atoms with Crippen LogP contribution in [0.1, 0.15) is 86.0 Å². The lowest BCUT2D eigenvalue weighted by Gasteiger charge is -2.48. The molecule has 0 aromatic carbocycles. The van der Waals surface area contributed by atoms with Gasteiger partial charge in [0.2, 0.25) is 59.1 Å². The van der Waals surface area contributed by atoms with Gasteiger partial charge in [-0.2, -0.15) is 0 Å². The summed E-state index contributed by atoms with van der Waals surface area (Å²) < 4.78 is 23.2. The fourth-order valence-electron chi connectivity index (χ4n) is 7.92. The van der Waals surface area contributed by atoms with Crippen molar-refractivity contribution in [3.8, 4) is 0 Å². The van der Waals surface area contributed by atoms with Crippen LogP contribution in [-0.2, 0) is 71.7 Å². The molecule has 18 atom stereocenters. The quantitative estimate of drug-likeness (QED) is 0.0297. The van der Waals surface area contributed by atoms with E-state index >= 15 is 0 Å². The number of aliphatic hydroxyl groups is 5. The summed E-state index contributed by atoms with van der Waals surface area (Å²) in [5.74, 6) is -10.3. The number of aliphatic carboxylic acids is 1. The van der Waals surface area contributed by atoms with Crippen LogP contribution < -0.4 is 65.9 Å². The third-order valence-electron chi connectivity index (χ3n) is 12.3. The molecule has 10 amide bonds. The van der Waals surface area contributed by atoms with Crippen molar-refractivity contribution in [2.75, 3.05) is 13.2 Å². The van der Waals surface area contributed by atoms with E-state index in [0.29, 0.717) is 0 Å². The first kappa shape index (κ1) is 66.8. The number of nitrogens with one attached hydrogen (secondary N) is 7. The van der Waals surface area contributed by atoms with E-state index in [1.54, 1.807) is 0 Å².